The van der Waals surface area contributed by atoms with Crippen LogP contribution in [0.15, 0.2) is 30.3 Å². The van der Waals surface area contributed by atoms with E-state index in [2.05, 4.69) is 0 Å². The van der Waals surface area contributed by atoms with Crippen molar-refractivity contribution in [3.63, 3.8) is 0 Å². The normalized spacial score (nSPS) is 12.0. The van der Waals surface area contributed by atoms with Crippen molar-refractivity contribution < 1.29 is 19.1 Å². The molecule has 0 aliphatic rings. The monoisotopic (exact) mass is 293 g/mol. The maximum atomic E-state index is 11.7. The number of carbonyl (C=O) groups excluding carboxylic acids is 2. The van der Waals surface area contributed by atoms with Gasteiger partial charge in [0.25, 0.3) is 0 Å². The Hall–Kier alpha value is -1.88. The van der Waals surface area contributed by atoms with Crippen LogP contribution >= 0.6 is 0 Å². The quantitative estimate of drug-likeness (QED) is 0.688. The van der Waals surface area contributed by atoms with Gasteiger partial charge in [-0.3, -0.25) is 14.5 Å². The fourth-order valence-corrected chi connectivity index (χ4v) is 2.03. The van der Waals surface area contributed by atoms with Gasteiger partial charge in [0, 0.05) is 19.5 Å². The van der Waals surface area contributed by atoms with Crippen LogP contribution in [-0.2, 0) is 19.1 Å². The molecule has 0 aliphatic carbocycles. The van der Waals surface area contributed by atoms with Gasteiger partial charge in [0.2, 0.25) is 0 Å². The van der Waals surface area contributed by atoms with Crippen LogP contribution in [-0.4, -0.2) is 43.1 Å². The fourth-order valence-electron chi connectivity index (χ4n) is 2.03. The molecule has 1 aromatic rings. The Morgan fingerprint density at radius 1 is 1.19 bits per heavy atom. The van der Waals surface area contributed by atoms with E-state index in [1.54, 1.807) is 6.92 Å². The molecule has 0 N–H and O–H groups in total. The summed E-state index contributed by atoms with van der Waals surface area (Å²) in [4.78, 5) is 24.5. The minimum absolute atomic E-state index is 0.0335. The van der Waals surface area contributed by atoms with E-state index >= 15 is 0 Å². The van der Waals surface area contributed by atoms with Crippen LogP contribution in [0.5, 0.6) is 0 Å². The van der Waals surface area contributed by atoms with Gasteiger partial charge < -0.3 is 9.47 Å². The molecule has 116 valence electrons. The van der Waals surface area contributed by atoms with Crippen molar-refractivity contribution in [3.05, 3.63) is 35.9 Å². The number of benzene rings is 1. The number of rotatable bonds is 8. The molecule has 0 aliphatic heterocycles. The highest BCUT2D eigenvalue weighted by Gasteiger charge is 2.19. The highest BCUT2D eigenvalue weighted by Crippen LogP contribution is 2.19. The molecule has 0 aromatic heterocycles. The second-order valence-electron chi connectivity index (χ2n) is 4.70. The van der Waals surface area contributed by atoms with Gasteiger partial charge in [0.15, 0.2) is 0 Å². The summed E-state index contributed by atoms with van der Waals surface area (Å²) in [5, 5.41) is 0. The molecule has 1 aromatic carbocycles. The van der Waals surface area contributed by atoms with Crippen molar-refractivity contribution in [1.29, 1.82) is 0 Å². The number of esters is 2. The standard InChI is InChI=1S/C16H23NO4/c1-4-20-16(19)12-17(10-11-21-14(3)18)13(2)15-8-6-5-7-9-15/h5-9,13H,4,10-12H2,1-3H3/t13-/m1/s1. The Morgan fingerprint density at radius 3 is 2.43 bits per heavy atom. The van der Waals surface area contributed by atoms with E-state index in [0.29, 0.717) is 13.2 Å². The number of nitrogens with zero attached hydrogens (tertiary/aromatic N) is 1. The smallest absolute Gasteiger partial charge is 0.320 e. The molecule has 5 heteroatoms. The summed E-state index contributed by atoms with van der Waals surface area (Å²) in [7, 11) is 0. The van der Waals surface area contributed by atoms with Crippen molar-refractivity contribution in [2.45, 2.75) is 26.8 Å². The molecule has 5 nitrogen and oxygen atoms in total. The Balaban J connectivity index is 2.69. The Kier molecular flexibility index (Phi) is 7.46. The predicted molar refractivity (Wildman–Crippen MR) is 79.7 cm³/mol. The minimum atomic E-state index is -0.321. The van der Waals surface area contributed by atoms with Crippen LogP contribution in [0.1, 0.15) is 32.4 Å². The molecular formula is C16H23NO4. The lowest BCUT2D eigenvalue weighted by Gasteiger charge is -2.28. The van der Waals surface area contributed by atoms with E-state index in [9.17, 15) is 9.59 Å². The molecule has 0 saturated carbocycles. The van der Waals surface area contributed by atoms with Gasteiger partial charge in [-0.15, -0.1) is 0 Å². The Labute approximate surface area is 125 Å². The van der Waals surface area contributed by atoms with Crippen LogP contribution in [0, 0.1) is 0 Å². The summed E-state index contributed by atoms with van der Waals surface area (Å²) in [5.74, 6) is -0.596. The average Bonchev–Trinajstić information content (AvgIpc) is 2.46. The molecule has 0 bridgehead atoms. The lowest BCUT2D eigenvalue weighted by atomic mass is 10.1. The topological polar surface area (TPSA) is 55.8 Å². The van der Waals surface area contributed by atoms with Gasteiger partial charge in [0.1, 0.15) is 6.61 Å². The van der Waals surface area contributed by atoms with E-state index in [4.69, 9.17) is 9.47 Å². The molecule has 0 unspecified atom stereocenters. The highest BCUT2D eigenvalue weighted by atomic mass is 16.5. The molecule has 0 radical (unpaired) electrons. The fraction of sp³-hybridized carbons (Fsp3) is 0.500. The highest BCUT2D eigenvalue weighted by molar-refractivity contribution is 5.71. The van der Waals surface area contributed by atoms with Crippen LogP contribution < -0.4 is 0 Å². The van der Waals surface area contributed by atoms with Crippen LogP contribution in [0.4, 0.5) is 0 Å². The minimum Gasteiger partial charge on any atom is -0.465 e. The summed E-state index contributed by atoms with van der Waals surface area (Å²) in [6.07, 6.45) is 0. The van der Waals surface area contributed by atoms with Crippen LogP contribution in [0.3, 0.4) is 0 Å². The van der Waals surface area contributed by atoms with Gasteiger partial charge >= 0.3 is 11.9 Å². The Morgan fingerprint density at radius 2 is 1.86 bits per heavy atom. The third-order valence-electron chi connectivity index (χ3n) is 3.15. The Bertz CT molecular complexity index is 447. The summed E-state index contributed by atoms with van der Waals surface area (Å²) < 4.78 is 9.96. The number of hydrogen-bond donors (Lipinski definition) is 0. The first-order chi connectivity index (χ1) is 10.0. The molecule has 1 atom stereocenters. The van der Waals surface area contributed by atoms with Crippen LogP contribution in [0.25, 0.3) is 0 Å². The lowest BCUT2D eigenvalue weighted by molar-refractivity contribution is -0.145. The second-order valence-corrected chi connectivity index (χ2v) is 4.70. The first-order valence-corrected chi connectivity index (χ1v) is 7.12. The maximum absolute atomic E-state index is 11.7. The van der Waals surface area contributed by atoms with E-state index < -0.39 is 0 Å². The van der Waals surface area contributed by atoms with Crippen molar-refractivity contribution in [1.82, 2.24) is 4.90 Å². The lowest BCUT2D eigenvalue weighted by Crippen LogP contribution is -2.36. The third kappa shape index (κ3) is 6.40. The SMILES string of the molecule is CCOC(=O)CN(CCOC(C)=O)[C@H](C)c1ccccc1. The second kappa shape index (κ2) is 9.13. The number of hydrogen-bond acceptors (Lipinski definition) is 5. The molecule has 21 heavy (non-hydrogen) atoms. The summed E-state index contributed by atoms with van der Waals surface area (Å²) in [6, 6.07) is 9.92. The molecule has 0 fully saturated rings. The first-order valence-electron chi connectivity index (χ1n) is 7.12. The van der Waals surface area contributed by atoms with Gasteiger partial charge in [-0.2, -0.15) is 0 Å². The van der Waals surface area contributed by atoms with Crippen molar-refractivity contribution in [2.24, 2.45) is 0 Å². The summed E-state index contributed by atoms with van der Waals surface area (Å²) in [6.45, 7) is 6.43. The van der Waals surface area contributed by atoms with Crippen molar-refractivity contribution in [2.75, 3.05) is 26.3 Å². The molecule has 0 heterocycles. The third-order valence-corrected chi connectivity index (χ3v) is 3.15. The summed E-state index contributed by atoms with van der Waals surface area (Å²) >= 11 is 0. The van der Waals surface area contributed by atoms with Crippen LogP contribution in [0.2, 0.25) is 0 Å². The van der Waals surface area contributed by atoms with E-state index in [0.717, 1.165) is 5.56 Å². The number of carbonyl (C=O) groups is 2. The van der Waals surface area contributed by atoms with Gasteiger partial charge in [-0.25, -0.2) is 0 Å². The number of ether oxygens (including phenoxy) is 2. The van der Waals surface area contributed by atoms with E-state index in [1.807, 2.05) is 42.2 Å². The molecule has 1 rings (SSSR count). The van der Waals surface area contributed by atoms with E-state index in [1.165, 1.54) is 6.92 Å². The zero-order valence-electron chi connectivity index (χ0n) is 12.9. The van der Waals surface area contributed by atoms with Gasteiger partial charge in [0.05, 0.1) is 13.2 Å². The molecule has 0 amide bonds. The van der Waals surface area contributed by atoms with Gasteiger partial charge in [-0.05, 0) is 19.4 Å². The predicted octanol–water partition coefficient (Wildman–Crippen LogP) is 2.18. The van der Waals surface area contributed by atoms with E-state index in [-0.39, 0.29) is 31.1 Å². The zero-order valence-corrected chi connectivity index (χ0v) is 12.9. The summed E-state index contributed by atoms with van der Waals surface area (Å²) in [5.41, 5.74) is 1.10. The maximum Gasteiger partial charge on any atom is 0.320 e. The largest absolute Gasteiger partial charge is 0.465 e. The zero-order chi connectivity index (χ0) is 15.7. The van der Waals surface area contributed by atoms with Crippen molar-refractivity contribution >= 4 is 11.9 Å². The van der Waals surface area contributed by atoms with Gasteiger partial charge in [-0.1, -0.05) is 30.3 Å². The molecular weight excluding hydrogens is 270 g/mol. The first kappa shape index (κ1) is 17.2. The molecule has 0 spiro atoms. The van der Waals surface area contributed by atoms with Crippen molar-refractivity contribution in [3.8, 4) is 0 Å². The molecule has 0 saturated heterocycles. The average molecular weight is 293 g/mol.